The fourth-order valence-corrected chi connectivity index (χ4v) is 4.94. The van der Waals surface area contributed by atoms with Crippen LogP contribution >= 0.6 is 0 Å². The molecule has 5 heteroatoms. The molecule has 2 N–H and O–H groups in total. The average Bonchev–Trinajstić information content (AvgIpc) is 3.25. The summed E-state index contributed by atoms with van der Waals surface area (Å²) >= 11 is 0. The second-order valence-corrected chi connectivity index (χ2v) is 8.91. The Morgan fingerprint density at radius 2 is 1.94 bits per heavy atom. The van der Waals surface area contributed by atoms with Gasteiger partial charge >= 0.3 is 0 Å². The number of nitrogens with zero attached hydrogens (tertiary/aromatic N) is 1. The average molecular weight is 416 g/mol. The van der Waals surface area contributed by atoms with Crippen LogP contribution in [0, 0.1) is 11.8 Å². The molecule has 0 unspecified atom stereocenters. The van der Waals surface area contributed by atoms with Crippen LogP contribution in [-0.2, 0) is 22.4 Å². The number of aryl methyl sites for hydroxylation is 1. The van der Waals surface area contributed by atoms with E-state index in [1.54, 1.807) is 6.08 Å². The molecule has 2 fully saturated rings. The van der Waals surface area contributed by atoms with Gasteiger partial charge in [0.2, 0.25) is 5.91 Å². The lowest BCUT2D eigenvalue weighted by atomic mass is 10.0. The monoisotopic (exact) mass is 415 g/mol. The molecule has 31 heavy (non-hydrogen) atoms. The number of nitrogens with one attached hydrogen (secondary N) is 2. The molecule has 4 atom stereocenters. The Morgan fingerprint density at radius 3 is 2.71 bits per heavy atom. The van der Waals surface area contributed by atoms with E-state index in [9.17, 15) is 9.59 Å². The van der Waals surface area contributed by atoms with Crippen molar-refractivity contribution in [1.29, 1.82) is 0 Å². The summed E-state index contributed by atoms with van der Waals surface area (Å²) in [4.78, 5) is 27.6. The van der Waals surface area contributed by atoms with E-state index in [1.165, 1.54) is 11.1 Å². The second kappa shape index (κ2) is 8.67. The molecule has 1 saturated heterocycles. The predicted octanol–water partition coefficient (Wildman–Crippen LogP) is 2.86. The molecule has 1 saturated carbocycles. The van der Waals surface area contributed by atoms with Gasteiger partial charge in [0.05, 0.1) is 6.04 Å². The molecule has 160 valence electrons. The standard InChI is InChI=1S/C26H29N3O2/c30-24(29-15-14-19-8-4-5-9-23(19)29)13-12-21(11-10-18-6-2-1-3-7-18)28-26(31)25-22-16-20(22)17-27-25/h1-9,12-13,20-22,25,27H,10-11,14-17H2,(H,28,31)/b13-12+/t20-,21-,22-,25+/m0/s1. The number of benzene rings is 2. The van der Waals surface area contributed by atoms with Crippen molar-refractivity contribution in [2.24, 2.45) is 11.8 Å². The van der Waals surface area contributed by atoms with Gasteiger partial charge in [-0.15, -0.1) is 0 Å². The van der Waals surface area contributed by atoms with Gasteiger partial charge in [0.15, 0.2) is 0 Å². The first kappa shape index (κ1) is 20.0. The number of anilines is 1. The lowest BCUT2D eigenvalue weighted by Gasteiger charge is -2.20. The van der Waals surface area contributed by atoms with E-state index < -0.39 is 0 Å². The second-order valence-electron chi connectivity index (χ2n) is 8.91. The maximum Gasteiger partial charge on any atom is 0.250 e. The van der Waals surface area contributed by atoms with E-state index in [4.69, 9.17) is 0 Å². The molecule has 2 aromatic carbocycles. The highest BCUT2D eigenvalue weighted by molar-refractivity contribution is 6.03. The topological polar surface area (TPSA) is 61.4 Å². The van der Waals surface area contributed by atoms with Gasteiger partial charge < -0.3 is 15.5 Å². The van der Waals surface area contributed by atoms with Gasteiger partial charge in [0.1, 0.15) is 0 Å². The summed E-state index contributed by atoms with van der Waals surface area (Å²) in [5, 5.41) is 6.54. The Hall–Kier alpha value is -2.92. The van der Waals surface area contributed by atoms with Crippen LogP contribution in [0.2, 0.25) is 0 Å². The summed E-state index contributed by atoms with van der Waals surface area (Å²) < 4.78 is 0. The number of hydrogen-bond acceptors (Lipinski definition) is 3. The number of amides is 2. The van der Waals surface area contributed by atoms with E-state index in [1.807, 2.05) is 47.4 Å². The summed E-state index contributed by atoms with van der Waals surface area (Å²) in [7, 11) is 0. The number of para-hydroxylation sites is 1. The molecule has 1 aliphatic carbocycles. The molecule has 0 radical (unpaired) electrons. The van der Waals surface area contributed by atoms with E-state index in [-0.39, 0.29) is 23.9 Å². The quantitative estimate of drug-likeness (QED) is 0.684. The van der Waals surface area contributed by atoms with E-state index in [0.29, 0.717) is 18.4 Å². The van der Waals surface area contributed by atoms with Crippen molar-refractivity contribution in [2.75, 3.05) is 18.0 Å². The molecule has 2 amide bonds. The van der Waals surface area contributed by atoms with Crippen molar-refractivity contribution in [1.82, 2.24) is 10.6 Å². The Morgan fingerprint density at radius 1 is 1.13 bits per heavy atom. The Labute approximate surface area is 183 Å². The zero-order chi connectivity index (χ0) is 21.2. The molecule has 3 aliphatic rings. The summed E-state index contributed by atoms with van der Waals surface area (Å²) in [6.45, 7) is 1.65. The molecule has 2 aromatic rings. The molecule has 0 bridgehead atoms. The van der Waals surface area contributed by atoms with Gasteiger partial charge in [0, 0.05) is 24.4 Å². The van der Waals surface area contributed by atoms with Gasteiger partial charge in [-0.05, 0) is 61.3 Å². The first-order chi connectivity index (χ1) is 15.2. The number of rotatable bonds is 7. The van der Waals surface area contributed by atoms with Crippen LogP contribution in [0.3, 0.4) is 0 Å². The summed E-state index contributed by atoms with van der Waals surface area (Å²) in [5.41, 5.74) is 3.44. The Kier molecular flexibility index (Phi) is 5.60. The van der Waals surface area contributed by atoms with Gasteiger partial charge in [-0.2, -0.15) is 0 Å². The van der Waals surface area contributed by atoms with Crippen molar-refractivity contribution >= 4 is 17.5 Å². The molecule has 0 aromatic heterocycles. The molecule has 0 spiro atoms. The van der Waals surface area contributed by atoms with Crippen molar-refractivity contribution in [3.63, 3.8) is 0 Å². The van der Waals surface area contributed by atoms with E-state index in [2.05, 4.69) is 28.8 Å². The molecular weight excluding hydrogens is 386 g/mol. The Bertz CT molecular complexity index is 987. The first-order valence-electron chi connectivity index (χ1n) is 11.3. The third-order valence-electron chi connectivity index (χ3n) is 6.83. The van der Waals surface area contributed by atoms with Gasteiger partial charge in [-0.25, -0.2) is 0 Å². The number of carbonyl (C=O) groups is 2. The minimum Gasteiger partial charge on any atom is -0.349 e. The van der Waals surface area contributed by atoms with Crippen LogP contribution in [-0.4, -0.2) is 37.0 Å². The van der Waals surface area contributed by atoms with Crippen LogP contribution < -0.4 is 15.5 Å². The van der Waals surface area contributed by atoms with Crippen LogP contribution in [0.1, 0.15) is 24.0 Å². The summed E-state index contributed by atoms with van der Waals surface area (Å²) in [6.07, 6.45) is 7.17. The highest BCUT2D eigenvalue weighted by Gasteiger charge is 2.51. The number of fused-ring (bicyclic) bond motifs is 2. The molecule has 2 aliphatic heterocycles. The largest absolute Gasteiger partial charge is 0.349 e. The maximum absolute atomic E-state index is 12.9. The van der Waals surface area contributed by atoms with Crippen LogP contribution in [0.5, 0.6) is 0 Å². The number of carbonyl (C=O) groups excluding carboxylic acids is 2. The number of piperidine rings is 1. The smallest absolute Gasteiger partial charge is 0.250 e. The fourth-order valence-electron chi connectivity index (χ4n) is 4.94. The van der Waals surface area contributed by atoms with Gasteiger partial charge in [0.25, 0.3) is 5.91 Å². The van der Waals surface area contributed by atoms with E-state index >= 15 is 0 Å². The third kappa shape index (κ3) is 4.42. The third-order valence-corrected chi connectivity index (χ3v) is 6.83. The van der Waals surface area contributed by atoms with Crippen LogP contribution in [0.25, 0.3) is 0 Å². The highest BCUT2D eigenvalue weighted by atomic mass is 16.2. The van der Waals surface area contributed by atoms with E-state index in [0.717, 1.165) is 37.9 Å². The van der Waals surface area contributed by atoms with Crippen molar-refractivity contribution < 1.29 is 9.59 Å². The van der Waals surface area contributed by atoms with Crippen LogP contribution in [0.4, 0.5) is 5.69 Å². The van der Waals surface area contributed by atoms with Crippen LogP contribution in [0.15, 0.2) is 66.7 Å². The molecule has 5 nitrogen and oxygen atoms in total. The molecule has 2 heterocycles. The van der Waals surface area contributed by atoms with Crippen molar-refractivity contribution in [2.45, 2.75) is 37.8 Å². The molecule has 5 rings (SSSR count). The van der Waals surface area contributed by atoms with Gasteiger partial charge in [-0.3, -0.25) is 9.59 Å². The fraction of sp³-hybridized carbons (Fsp3) is 0.385. The predicted molar refractivity (Wildman–Crippen MR) is 122 cm³/mol. The highest BCUT2D eigenvalue weighted by Crippen LogP contribution is 2.45. The zero-order valence-electron chi connectivity index (χ0n) is 17.7. The van der Waals surface area contributed by atoms with Gasteiger partial charge in [-0.1, -0.05) is 54.6 Å². The maximum atomic E-state index is 12.9. The SMILES string of the molecule is O=C(N[C@H](/C=C/C(=O)N1CCc2ccccc21)CCc1ccccc1)[C@@H]1NC[C@@H]2C[C@@H]21. The summed E-state index contributed by atoms with van der Waals surface area (Å²) in [6, 6.07) is 18.1. The lowest BCUT2D eigenvalue weighted by molar-refractivity contribution is -0.123. The minimum atomic E-state index is -0.172. The first-order valence-corrected chi connectivity index (χ1v) is 11.3. The summed E-state index contributed by atoms with van der Waals surface area (Å²) in [5.74, 6) is 1.20. The van der Waals surface area contributed by atoms with Crippen molar-refractivity contribution in [3.05, 3.63) is 77.9 Å². The number of hydrogen-bond donors (Lipinski definition) is 2. The normalized spacial score (nSPS) is 24.6. The lowest BCUT2D eigenvalue weighted by Crippen LogP contribution is -2.46. The zero-order valence-corrected chi connectivity index (χ0v) is 17.7. The molecular formula is C26H29N3O2. The minimum absolute atomic E-state index is 0.0230. The van der Waals surface area contributed by atoms with Crippen molar-refractivity contribution in [3.8, 4) is 0 Å². The Balaban J connectivity index is 1.26.